The molecule has 0 spiro atoms. The van der Waals surface area contributed by atoms with Crippen molar-refractivity contribution in [2.24, 2.45) is 0 Å². The second kappa shape index (κ2) is 8.32. The molecular formula is C20H27N3O2. The van der Waals surface area contributed by atoms with Gasteiger partial charge in [-0.1, -0.05) is 12.1 Å². The summed E-state index contributed by atoms with van der Waals surface area (Å²) in [5, 5.41) is 3.51. The first-order valence-corrected chi connectivity index (χ1v) is 8.85. The minimum Gasteiger partial charge on any atom is -0.495 e. The Morgan fingerprint density at radius 2 is 2.00 bits per heavy atom. The third-order valence-electron chi connectivity index (χ3n) is 4.38. The number of methoxy groups -OCH3 is 1. The summed E-state index contributed by atoms with van der Waals surface area (Å²) < 4.78 is 11.0. The van der Waals surface area contributed by atoms with Crippen LogP contribution in [0.2, 0.25) is 0 Å². The van der Waals surface area contributed by atoms with Crippen molar-refractivity contribution in [3.05, 3.63) is 53.9 Å². The van der Waals surface area contributed by atoms with Crippen molar-refractivity contribution in [3.63, 3.8) is 0 Å². The Bertz CT molecular complexity index is 673. The topological polar surface area (TPSA) is 46.6 Å². The van der Waals surface area contributed by atoms with Crippen molar-refractivity contribution >= 4 is 0 Å². The second-order valence-electron chi connectivity index (χ2n) is 6.66. The first kappa shape index (κ1) is 17.7. The van der Waals surface area contributed by atoms with Crippen LogP contribution in [0.5, 0.6) is 11.5 Å². The van der Waals surface area contributed by atoms with Gasteiger partial charge in [0.25, 0.3) is 0 Å². The van der Waals surface area contributed by atoms with E-state index in [9.17, 15) is 0 Å². The fraction of sp³-hybridized carbons (Fsp3) is 0.450. The summed E-state index contributed by atoms with van der Waals surface area (Å²) in [5.41, 5.74) is 2.48. The molecule has 1 unspecified atom stereocenters. The first-order valence-electron chi connectivity index (χ1n) is 8.85. The van der Waals surface area contributed by atoms with Crippen LogP contribution in [0.3, 0.4) is 0 Å². The van der Waals surface area contributed by atoms with Gasteiger partial charge in [0, 0.05) is 38.4 Å². The van der Waals surface area contributed by atoms with Crippen LogP contribution >= 0.6 is 0 Å². The van der Waals surface area contributed by atoms with Gasteiger partial charge < -0.3 is 14.8 Å². The van der Waals surface area contributed by atoms with Crippen molar-refractivity contribution in [1.29, 1.82) is 0 Å². The highest BCUT2D eigenvalue weighted by atomic mass is 16.5. The first-order chi connectivity index (χ1) is 12.2. The van der Waals surface area contributed by atoms with Gasteiger partial charge in [0.15, 0.2) is 0 Å². The molecule has 1 aliphatic rings. The highest BCUT2D eigenvalue weighted by Crippen LogP contribution is 2.26. The maximum atomic E-state index is 5.75. The van der Waals surface area contributed by atoms with Crippen molar-refractivity contribution in [2.75, 3.05) is 26.7 Å². The van der Waals surface area contributed by atoms with Gasteiger partial charge in [-0.15, -0.1) is 0 Å². The van der Waals surface area contributed by atoms with Crippen LogP contribution in [0.25, 0.3) is 0 Å². The molecule has 1 N–H and O–H groups in total. The summed E-state index contributed by atoms with van der Waals surface area (Å²) in [5.74, 6) is 1.73. The summed E-state index contributed by atoms with van der Waals surface area (Å²) in [6, 6.07) is 10.9. The molecule has 0 saturated carbocycles. The molecule has 1 saturated heterocycles. The smallest absolute Gasteiger partial charge is 0.137 e. The number of hydrogen-bond donors (Lipinski definition) is 1. The molecule has 0 aliphatic carbocycles. The molecule has 1 aliphatic heterocycles. The van der Waals surface area contributed by atoms with Gasteiger partial charge in [-0.2, -0.15) is 0 Å². The number of pyridine rings is 1. The van der Waals surface area contributed by atoms with Gasteiger partial charge >= 0.3 is 0 Å². The van der Waals surface area contributed by atoms with E-state index in [0.29, 0.717) is 6.04 Å². The van der Waals surface area contributed by atoms with Crippen LogP contribution in [0.15, 0.2) is 42.7 Å². The fourth-order valence-electron chi connectivity index (χ4n) is 3.20. The standard InChI is InChI=1S/C20H27N3O2/c1-15(2)25-18-6-4-17(5-7-18)20-13-21-8-9-23(20)14-16-10-19(24-3)12-22-11-16/h4-7,10-12,15,20-21H,8-9,13-14H2,1-3H3. The molecule has 0 bridgehead atoms. The van der Waals surface area contributed by atoms with E-state index in [4.69, 9.17) is 9.47 Å². The quantitative estimate of drug-likeness (QED) is 0.875. The van der Waals surface area contributed by atoms with Gasteiger partial charge in [-0.05, 0) is 43.2 Å². The average molecular weight is 341 g/mol. The van der Waals surface area contributed by atoms with E-state index >= 15 is 0 Å². The molecule has 0 amide bonds. The lowest BCUT2D eigenvalue weighted by molar-refractivity contribution is 0.153. The molecule has 2 aromatic rings. The highest BCUT2D eigenvalue weighted by Gasteiger charge is 2.24. The molecule has 1 aromatic carbocycles. The Labute approximate surface area is 150 Å². The largest absolute Gasteiger partial charge is 0.495 e. The second-order valence-corrected chi connectivity index (χ2v) is 6.66. The van der Waals surface area contributed by atoms with Crippen LogP contribution in [-0.4, -0.2) is 42.7 Å². The van der Waals surface area contributed by atoms with Gasteiger partial charge in [-0.25, -0.2) is 0 Å². The Morgan fingerprint density at radius 3 is 2.72 bits per heavy atom. The minimum absolute atomic E-state index is 0.194. The van der Waals surface area contributed by atoms with E-state index in [1.807, 2.05) is 20.0 Å². The summed E-state index contributed by atoms with van der Waals surface area (Å²) in [7, 11) is 1.68. The molecule has 0 radical (unpaired) electrons. The van der Waals surface area contributed by atoms with E-state index < -0.39 is 0 Å². The molecular weight excluding hydrogens is 314 g/mol. The zero-order chi connectivity index (χ0) is 17.6. The molecule has 1 fully saturated rings. The highest BCUT2D eigenvalue weighted by molar-refractivity contribution is 5.30. The normalized spacial score (nSPS) is 18.3. The van der Waals surface area contributed by atoms with Crippen molar-refractivity contribution in [2.45, 2.75) is 32.5 Å². The zero-order valence-corrected chi connectivity index (χ0v) is 15.2. The molecule has 1 aromatic heterocycles. The average Bonchev–Trinajstić information content (AvgIpc) is 2.63. The number of hydrogen-bond acceptors (Lipinski definition) is 5. The Kier molecular flexibility index (Phi) is 5.89. The molecule has 1 atom stereocenters. The molecule has 2 heterocycles. The van der Waals surface area contributed by atoms with Gasteiger partial charge in [0.2, 0.25) is 0 Å². The number of piperazine rings is 1. The number of nitrogens with zero attached hydrogens (tertiary/aromatic N) is 2. The third kappa shape index (κ3) is 4.71. The van der Waals surface area contributed by atoms with Crippen molar-refractivity contribution in [3.8, 4) is 11.5 Å². The summed E-state index contributed by atoms with van der Waals surface area (Å²) >= 11 is 0. The van der Waals surface area contributed by atoms with Gasteiger partial charge in [0.05, 0.1) is 19.4 Å². The summed E-state index contributed by atoms with van der Waals surface area (Å²) in [6.07, 6.45) is 3.85. The van der Waals surface area contributed by atoms with Crippen LogP contribution in [-0.2, 0) is 6.54 Å². The number of rotatable bonds is 6. The Hall–Kier alpha value is -2.11. The zero-order valence-electron chi connectivity index (χ0n) is 15.2. The van der Waals surface area contributed by atoms with Gasteiger partial charge in [-0.3, -0.25) is 9.88 Å². The number of benzene rings is 1. The molecule has 25 heavy (non-hydrogen) atoms. The molecule has 5 heteroatoms. The third-order valence-corrected chi connectivity index (χ3v) is 4.38. The van der Waals surface area contributed by atoms with Crippen molar-refractivity contribution in [1.82, 2.24) is 15.2 Å². The number of aromatic nitrogens is 1. The van der Waals surface area contributed by atoms with Crippen molar-refractivity contribution < 1.29 is 9.47 Å². The van der Waals surface area contributed by atoms with Crippen LogP contribution in [0, 0.1) is 0 Å². The van der Waals surface area contributed by atoms with E-state index in [2.05, 4.69) is 45.5 Å². The maximum absolute atomic E-state index is 5.75. The summed E-state index contributed by atoms with van der Waals surface area (Å²) in [4.78, 5) is 6.77. The molecule has 134 valence electrons. The predicted molar refractivity (Wildman–Crippen MR) is 99.0 cm³/mol. The molecule has 3 rings (SSSR count). The lowest BCUT2D eigenvalue weighted by atomic mass is 10.0. The van der Waals surface area contributed by atoms with E-state index in [1.165, 1.54) is 11.1 Å². The lowest BCUT2D eigenvalue weighted by Gasteiger charge is -2.36. The SMILES string of the molecule is COc1cncc(CN2CCNCC2c2ccc(OC(C)C)cc2)c1. The Morgan fingerprint density at radius 1 is 1.20 bits per heavy atom. The minimum atomic E-state index is 0.194. The number of nitrogens with one attached hydrogen (secondary N) is 1. The Balaban J connectivity index is 1.74. The predicted octanol–water partition coefficient (Wildman–Crippen LogP) is 3.02. The summed E-state index contributed by atoms with van der Waals surface area (Å²) in [6.45, 7) is 7.91. The van der Waals surface area contributed by atoms with Crippen LogP contribution in [0.4, 0.5) is 0 Å². The van der Waals surface area contributed by atoms with Crippen LogP contribution in [0.1, 0.15) is 31.0 Å². The number of ether oxygens (including phenoxy) is 2. The fourth-order valence-corrected chi connectivity index (χ4v) is 3.20. The van der Waals surface area contributed by atoms with E-state index in [1.54, 1.807) is 13.3 Å². The van der Waals surface area contributed by atoms with Gasteiger partial charge in [0.1, 0.15) is 11.5 Å². The maximum Gasteiger partial charge on any atom is 0.137 e. The lowest BCUT2D eigenvalue weighted by Crippen LogP contribution is -2.45. The molecule has 5 nitrogen and oxygen atoms in total. The van der Waals surface area contributed by atoms with E-state index in [0.717, 1.165) is 37.7 Å². The van der Waals surface area contributed by atoms with E-state index in [-0.39, 0.29) is 6.10 Å². The van der Waals surface area contributed by atoms with Crippen LogP contribution < -0.4 is 14.8 Å². The monoisotopic (exact) mass is 341 g/mol.